The monoisotopic (exact) mass is 170 g/mol. The van der Waals surface area contributed by atoms with Gasteiger partial charge in [-0.05, 0) is 12.1 Å². The van der Waals surface area contributed by atoms with Crippen molar-refractivity contribution in [3.8, 4) is 0 Å². The zero-order valence-corrected chi connectivity index (χ0v) is 6.27. The summed E-state index contributed by atoms with van der Waals surface area (Å²) in [6.45, 7) is 1.12. The quantitative estimate of drug-likeness (QED) is 0.463. The molecule has 1 aromatic heterocycles. The minimum atomic E-state index is -0.838. The van der Waals surface area contributed by atoms with Crippen molar-refractivity contribution in [3.05, 3.63) is 24.2 Å². The molecule has 1 rings (SSSR count). The third kappa shape index (κ3) is 2.12. The number of hydrogen-bond acceptors (Lipinski definition) is 5. The predicted molar refractivity (Wildman–Crippen MR) is 35.9 cm³/mol. The summed E-state index contributed by atoms with van der Waals surface area (Å²) in [5.41, 5.74) is 0. The largest absolute Gasteiger partial charge is 0.457 e. The van der Waals surface area contributed by atoms with Crippen molar-refractivity contribution in [2.75, 3.05) is 0 Å². The first-order valence-corrected chi connectivity index (χ1v) is 3.13. The van der Waals surface area contributed by atoms with Gasteiger partial charge in [0, 0.05) is 6.92 Å². The van der Waals surface area contributed by atoms with Gasteiger partial charge in [0.15, 0.2) is 0 Å². The van der Waals surface area contributed by atoms with Gasteiger partial charge in [-0.15, -0.1) is 0 Å². The second kappa shape index (κ2) is 3.56. The van der Waals surface area contributed by atoms with E-state index in [0.29, 0.717) is 0 Å². The van der Waals surface area contributed by atoms with Crippen molar-refractivity contribution in [1.82, 2.24) is 0 Å². The third-order valence-corrected chi connectivity index (χ3v) is 0.957. The predicted octanol–water partition coefficient (Wildman–Crippen LogP) is 0.915. The number of furan rings is 1. The average molecular weight is 170 g/mol. The van der Waals surface area contributed by atoms with Gasteiger partial charge in [-0.1, -0.05) is 0 Å². The summed E-state index contributed by atoms with van der Waals surface area (Å²) in [7, 11) is 0. The van der Waals surface area contributed by atoms with E-state index in [1.165, 1.54) is 18.4 Å². The van der Waals surface area contributed by atoms with Gasteiger partial charge < -0.3 is 4.42 Å². The van der Waals surface area contributed by atoms with Crippen molar-refractivity contribution >= 4 is 11.9 Å². The molecule has 0 fully saturated rings. The Morgan fingerprint density at radius 3 is 2.67 bits per heavy atom. The van der Waals surface area contributed by atoms with Crippen LogP contribution >= 0.6 is 0 Å². The average Bonchev–Trinajstić information content (AvgIpc) is 2.51. The first kappa shape index (κ1) is 8.32. The summed E-state index contributed by atoms with van der Waals surface area (Å²) < 4.78 is 4.66. The van der Waals surface area contributed by atoms with E-state index in [4.69, 9.17) is 0 Å². The molecule has 0 atom stereocenters. The van der Waals surface area contributed by atoms with E-state index in [2.05, 4.69) is 14.2 Å². The molecule has 0 aliphatic heterocycles. The van der Waals surface area contributed by atoms with E-state index in [0.717, 1.165) is 6.92 Å². The molecule has 0 unspecified atom stereocenters. The van der Waals surface area contributed by atoms with Gasteiger partial charge in [0.1, 0.15) is 0 Å². The lowest BCUT2D eigenvalue weighted by Crippen LogP contribution is -2.07. The highest BCUT2D eigenvalue weighted by atomic mass is 17.2. The summed E-state index contributed by atoms with van der Waals surface area (Å²) in [5, 5.41) is 0. The molecule has 0 aliphatic carbocycles. The Morgan fingerprint density at radius 2 is 2.17 bits per heavy atom. The molecule has 0 bridgehead atoms. The second-order valence-electron chi connectivity index (χ2n) is 1.92. The van der Waals surface area contributed by atoms with Gasteiger partial charge in [0.25, 0.3) is 0 Å². The highest BCUT2D eigenvalue weighted by Crippen LogP contribution is 2.02. The normalized spacial score (nSPS) is 9.08. The maximum atomic E-state index is 10.8. The smallest absolute Gasteiger partial charge is 0.421 e. The first-order valence-electron chi connectivity index (χ1n) is 3.13. The fourth-order valence-corrected chi connectivity index (χ4v) is 0.532. The summed E-state index contributed by atoms with van der Waals surface area (Å²) in [5.74, 6) is -1.55. The van der Waals surface area contributed by atoms with E-state index in [1.54, 1.807) is 0 Å². The molecular weight excluding hydrogens is 164 g/mol. The fraction of sp³-hybridized carbons (Fsp3) is 0.143. The Kier molecular flexibility index (Phi) is 2.47. The molecule has 0 saturated carbocycles. The molecule has 0 N–H and O–H groups in total. The maximum Gasteiger partial charge on any atom is 0.421 e. The van der Waals surface area contributed by atoms with Crippen LogP contribution in [0.2, 0.25) is 0 Å². The summed E-state index contributed by atoms with van der Waals surface area (Å²) in [4.78, 5) is 29.0. The lowest BCUT2D eigenvalue weighted by Gasteiger charge is -1.96. The first-order chi connectivity index (χ1) is 5.70. The Labute approximate surface area is 67.8 Å². The van der Waals surface area contributed by atoms with E-state index in [-0.39, 0.29) is 5.76 Å². The molecule has 0 aromatic carbocycles. The van der Waals surface area contributed by atoms with Crippen molar-refractivity contribution in [3.63, 3.8) is 0 Å². The van der Waals surface area contributed by atoms with Crippen LogP contribution in [0.1, 0.15) is 17.5 Å². The molecule has 12 heavy (non-hydrogen) atoms. The van der Waals surface area contributed by atoms with Crippen LogP contribution in [0.3, 0.4) is 0 Å². The second-order valence-corrected chi connectivity index (χ2v) is 1.92. The summed E-state index contributed by atoms with van der Waals surface area (Å²) in [6, 6.07) is 2.91. The molecular formula is C7H6O5. The van der Waals surface area contributed by atoms with Crippen LogP contribution in [0.5, 0.6) is 0 Å². The summed E-state index contributed by atoms with van der Waals surface area (Å²) >= 11 is 0. The minimum Gasteiger partial charge on any atom is -0.457 e. The van der Waals surface area contributed by atoms with Crippen molar-refractivity contribution < 1.29 is 23.8 Å². The topological polar surface area (TPSA) is 65.7 Å². The molecule has 5 nitrogen and oxygen atoms in total. The SMILES string of the molecule is CC(=O)OOC(=O)c1ccco1. The molecule has 0 amide bonds. The Bertz CT molecular complexity index is 274. The number of hydrogen-bond donors (Lipinski definition) is 0. The van der Waals surface area contributed by atoms with Gasteiger partial charge in [0.05, 0.1) is 6.26 Å². The van der Waals surface area contributed by atoms with Crippen LogP contribution in [-0.4, -0.2) is 11.9 Å². The van der Waals surface area contributed by atoms with Gasteiger partial charge in [-0.3, -0.25) is 0 Å². The standard InChI is InChI=1S/C7H6O5/c1-5(8)11-12-7(9)6-3-2-4-10-6/h2-4H,1H3. The van der Waals surface area contributed by atoms with E-state index < -0.39 is 11.9 Å². The molecule has 5 heteroatoms. The van der Waals surface area contributed by atoms with Gasteiger partial charge >= 0.3 is 11.9 Å². The molecule has 64 valence electrons. The van der Waals surface area contributed by atoms with E-state index >= 15 is 0 Å². The van der Waals surface area contributed by atoms with Crippen LogP contribution in [0.25, 0.3) is 0 Å². The van der Waals surface area contributed by atoms with Crippen LogP contribution in [-0.2, 0) is 14.6 Å². The summed E-state index contributed by atoms with van der Waals surface area (Å²) in [6.07, 6.45) is 1.31. The van der Waals surface area contributed by atoms with Crippen LogP contribution in [0, 0.1) is 0 Å². The van der Waals surface area contributed by atoms with Crippen LogP contribution in [0.15, 0.2) is 22.8 Å². The Morgan fingerprint density at radius 1 is 1.42 bits per heavy atom. The number of carbonyl (C=O) groups is 2. The van der Waals surface area contributed by atoms with Crippen molar-refractivity contribution in [2.45, 2.75) is 6.92 Å². The van der Waals surface area contributed by atoms with Crippen molar-refractivity contribution in [2.24, 2.45) is 0 Å². The molecule has 0 aliphatic rings. The minimum absolute atomic E-state index is 0.0174. The van der Waals surface area contributed by atoms with Gasteiger partial charge in [0.2, 0.25) is 5.76 Å². The van der Waals surface area contributed by atoms with Crippen LogP contribution in [0.4, 0.5) is 0 Å². The number of carbonyl (C=O) groups excluding carboxylic acids is 2. The molecule has 0 spiro atoms. The van der Waals surface area contributed by atoms with Gasteiger partial charge in [-0.25, -0.2) is 19.4 Å². The molecule has 1 heterocycles. The molecule has 0 radical (unpaired) electrons. The van der Waals surface area contributed by atoms with E-state index in [1.807, 2.05) is 0 Å². The highest BCUT2D eigenvalue weighted by molar-refractivity contribution is 5.86. The molecule has 1 aromatic rings. The zero-order valence-electron chi connectivity index (χ0n) is 6.27. The number of rotatable bonds is 1. The highest BCUT2D eigenvalue weighted by Gasteiger charge is 2.12. The van der Waals surface area contributed by atoms with Crippen molar-refractivity contribution in [1.29, 1.82) is 0 Å². The lowest BCUT2D eigenvalue weighted by atomic mass is 10.5. The Balaban J connectivity index is 2.45. The fourth-order valence-electron chi connectivity index (χ4n) is 0.532. The van der Waals surface area contributed by atoms with Crippen LogP contribution < -0.4 is 0 Å². The molecule has 0 saturated heterocycles. The zero-order chi connectivity index (χ0) is 8.97. The maximum absolute atomic E-state index is 10.8. The van der Waals surface area contributed by atoms with Gasteiger partial charge in [-0.2, -0.15) is 0 Å². The Hall–Kier alpha value is -1.78. The lowest BCUT2D eigenvalue weighted by molar-refractivity contribution is -0.232. The third-order valence-electron chi connectivity index (χ3n) is 0.957. The van der Waals surface area contributed by atoms with E-state index in [9.17, 15) is 9.59 Å².